The van der Waals surface area contributed by atoms with Crippen molar-refractivity contribution in [3.8, 4) is 0 Å². The van der Waals surface area contributed by atoms with Crippen LogP contribution in [0.5, 0.6) is 0 Å². The fourth-order valence-electron chi connectivity index (χ4n) is 1.67. The van der Waals surface area contributed by atoms with Gasteiger partial charge in [0.2, 0.25) is 0 Å². The maximum Gasteiger partial charge on any atom is 0.191 e. The number of thioether (sulfide) groups is 1. The monoisotopic (exact) mass is 313 g/mol. The maximum absolute atomic E-state index is 6.21. The third kappa shape index (κ3) is 5.25. The molecule has 0 saturated heterocycles. The van der Waals surface area contributed by atoms with Crippen LogP contribution in [0, 0.1) is 0 Å². The molecule has 0 spiro atoms. The van der Waals surface area contributed by atoms with Crippen molar-refractivity contribution in [2.45, 2.75) is 31.6 Å². The van der Waals surface area contributed by atoms with Crippen molar-refractivity contribution in [1.29, 1.82) is 0 Å². The molecule has 5 heteroatoms. The van der Waals surface area contributed by atoms with Crippen LogP contribution in [0.1, 0.15) is 32.4 Å². The summed E-state index contributed by atoms with van der Waals surface area (Å²) in [5.41, 5.74) is 1.07. The van der Waals surface area contributed by atoms with Crippen LogP contribution < -0.4 is 10.6 Å². The second-order valence-electron chi connectivity index (χ2n) is 5.28. The summed E-state index contributed by atoms with van der Waals surface area (Å²) in [6, 6.07) is 7.97. The number of nitrogens with zero attached hydrogens (tertiary/aromatic N) is 1. The number of benzene rings is 1. The van der Waals surface area contributed by atoms with E-state index in [0.717, 1.165) is 23.1 Å². The summed E-state index contributed by atoms with van der Waals surface area (Å²) < 4.78 is 0.172. The van der Waals surface area contributed by atoms with Crippen LogP contribution in [0.2, 0.25) is 5.02 Å². The molecular formula is C15H24ClN3S. The maximum atomic E-state index is 6.21. The highest BCUT2D eigenvalue weighted by molar-refractivity contribution is 7.99. The van der Waals surface area contributed by atoms with E-state index in [4.69, 9.17) is 11.6 Å². The van der Waals surface area contributed by atoms with Crippen molar-refractivity contribution in [3.63, 3.8) is 0 Å². The number of hydrogen-bond acceptors (Lipinski definition) is 2. The van der Waals surface area contributed by atoms with Gasteiger partial charge in [0, 0.05) is 23.4 Å². The van der Waals surface area contributed by atoms with Crippen molar-refractivity contribution < 1.29 is 0 Å². The molecule has 1 unspecified atom stereocenters. The first-order valence-electron chi connectivity index (χ1n) is 6.66. The topological polar surface area (TPSA) is 36.4 Å². The Labute approximate surface area is 131 Å². The summed E-state index contributed by atoms with van der Waals surface area (Å²) >= 11 is 8.05. The van der Waals surface area contributed by atoms with Crippen LogP contribution in [-0.4, -0.2) is 30.6 Å². The SMILES string of the molecule is CN=C(NCC(C)(C)SC)NC(C)c1ccccc1Cl. The van der Waals surface area contributed by atoms with Gasteiger partial charge in [0.15, 0.2) is 5.96 Å². The molecule has 1 aromatic rings. The predicted octanol–water partition coefficient (Wildman–Crippen LogP) is 3.71. The molecule has 0 aliphatic carbocycles. The Bertz CT molecular complexity index is 460. The van der Waals surface area contributed by atoms with Gasteiger partial charge in [-0.25, -0.2) is 0 Å². The average molecular weight is 314 g/mol. The fourth-order valence-corrected chi connectivity index (χ4v) is 2.19. The standard InChI is InChI=1S/C15H24ClN3S/c1-11(12-8-6-7-9-13(12)16)19-14(17-4)18-10-15(2,3)20-5/h6-9,11H,10H2,1-5H3,(H2,17,18,19). The van der Waals surface area contributed by atoms with E-state index in [1.165, 1.54) is 0 Å². The molecular weight excluding hydrogens is 290 g/mol. The van der Waals surface area contributed by atoms with Crippen LogP contribution in [0.4, 0.5) is 0 Å². The zero-order valence-corrected chi connectivity index (χ0v) is 14.4. The lowest BCUT2D eigenvalue weighted by atomic mass is 10.1. The number of hydrogen-bond donors (Lipinski definition) is 2. The summed E-state index contributed by atoms with van der Waals surface area (Å²) in [6.45, 7) is 7.34. The molecule has 0 heterocycles. The molecule has 3 nitrogen and oxygen atoms in total. The smallest absolute Gasteiger partial charge is 0.191 e. The summed E-state index contributed by atoms with van der Waals surface area (Å²) in [7, 11) is 1.78. The first-order chi connectivity index (χ1) is 9.39. The molecule has 1 rings (SSSR count). The van der Waals surface area contributed by atoms with Gasteiger partial charge in [0.1, 0.15) is 0 Å². The van der Waals surface area contributed by atoms with Gasteiger partial charge >= 0.3 is 0 Å². The number of aliphatic imine (C=N–C) groups is 1. The van der Waals surface area contributed by atoms with E-state index in [2.05, 4.69) is 42.7 Å². The van der Waals surface area contributed by atoms with Crippen molar-refractivity contribution >= 4 is 29.3 Å². The van der Waals surface area contributed by atoms with Crippen LogP contribution in [0.3, 0.4) is 0 Å². The Morgan fingerprint density at radius 3 is 2.60 bits per heavy atom. The summed E-state index contributed by atoms with van der Waals surface area (Å²) in [4.78, 5) is 4.26. The summed E-state index contributed by atoms with van der Waals surface area (Å²) in [5.74, 6) is 0.791. The molecule has 20 heavy (non-hydrogen) atoms. The Hall–Kier alpha value is -0.870. The second kappa shape index (κ2) is 7.79. The highest BCUT2D eigenvalue weighted by atomic mass is 35.5. The molecule has 0 aliphatic heterocycles. The molecule has 0 radical (unpaired) electrons. The van der Waals surface area contributed by atoms with Gasteiger partial charge in [0.05, 0.1) is 6.04 Å². The van der Waals surface area contributed by atoms with Crippen molar-refractivity contribution in [1.82, 2.24) is 10.6 Å². The minimum atomic E-state index is 0.104. The van der Waals surface area contributed by atoms with E-state index in [0.29, 0.717) is 0 Å². The van der Waals surface area contributed by atoms with E-state index in [-0.39, 0.29) is 10.8 Å². The van der Waals surface area contributed by atoms with Gasteiger partial charge in [-0.05, 0) is 38.7 Å². The quantitative estimate of drug-likeness (QED) is 0.642. The number of guanidine groups is 1. The van der Waals surface area contributed by atoms with Gasteiger partial charge in [-0.1, -0.05) is 29.8 Å². The van der Waals surface area contributed by atoms with Gasteiger partial charge in [-0.15, -0.1) is 0 Å². The molecule has 0 aromatic heterocycles. The third-order valence-electron chi connectivity index (χ3n) is 3.18. The van der Waals surface area contributed by atoms with Gasteiger partial charge in [0.25, 0.3) is 0 Å². The van der Waals surface area contributed by atoms with Crippen molar-refractivity contribution in [2.75, 3.05) is 19.8 Å². The van der Waals surface area contributed by atoms with Crippen LogP contribution >= 0.6 is 23.4 Å². The largest absolute Gasteiger partial charge is 0.355 e. The Morgan fingerprint density at radius 1 is 1.40 bits per heavy atom. The molecule has 0 fully saturated rings. The number of nitrogens with one attached hydrogen (secondary N) is 2. The van der Waals surface area contributed by atoms with E-state index in [1.54, 1.807) is 7.05 Å². The molecule has 0 bridgehead atoms. The minimum absolute atomic E-state index is 0.104. The number of rotatable bonds is 5. The minimum Gasteiger partial charge on any atom is -0.355 e. The lowest BCUT2D eigenvalue weighted by Crippen LogP contribution is -2.44. The molecule has 112 valence electrons. The Kier molecular flexibility index (Phi) is 6.69. The third-order valence-corrected chi connectivity index (χ3v) is 4.78. The summed E-state index contributed by atoms with van der Waals surface area (Å²) in [5, 5.41) is 7.49. The van der Waals surface area contributed by atoms with Gasteiger partial charge < -0.3 is 10.6 Å². The van der Waals surface area contributed by atoms with Gasteiger partial charge in [-0.3, -0.25) is 4.99 Å². The molecule has 1 aromatic carbocycles. The lowest BCUT2D eigenvalue weighted by Gasteiger charge is -2.25. The van der Waals surface area contributed by atoms with Crippen LogP contribution in [0.25, 0.3) is 0 Å². The molecule has 2 N–H and O–H groups in total. The predicted molar refractivity (Wildman–Crippen MR) is 92.0 cm³/mol. The molecule has 0 saturated carbocycles. The molecule has 0 amide bonds. The average Bonchev–Trinajstić information content (AvgIpc) is 2.43. The molecule has 1 atom stereocenters. The number of halogens is 1. The van der Waals surface area contributed by atoms with E-state index in [1.807, 2.05) is 36.0 Å². The normalized spacial score (nSPS) is 14.0. The first-order valence-corrected chi connectivity index (χ1v) is 8.26. The van der Waals surface area contributed by atoms with E-state index >= 15 is 0 Å². The van der Waals surface area contributed by atoms with Gasteiger partial charge in [-0.2, -0.15) is 11.8 Å². The van der Waals surface area contributed by atoms with Crippen LogP contribution in [-0.2, 0) is 0 Å². The molecule has 0 aliphatic rings. The second-order valence-corrected chi connectivity index (χ2v) is 7.20. The van der Waals surface area contributed by atoms with Crippen molar-refractivity contribution in [3.05, 3.63) is 34.9 Å². The lowest BCUT2D eigenvalue weighted by molar-refractivity contribution is 0.639. The van der Waals surface area contributed by atoms with Crippen molar-refractivity contribution in [2.24, 2.45) is 4.99 Å². The fraction of sp³-hybridized carbons (Fsp3) is 0.533. The zero-order valence-electron chi connectivity index (χ0n) is 12.8. The zero-order chi connectivity index (χ0) is 15.2. The van der Waals surface area contributed by atoms with Crippen LogP contribution in [0.15, 0.2) is 29.3 Å². The van der Waals surface area contributed by atoms with E-state index in [9.17, 15) is 0 Å². The van der Waals surface area contributed by atoms with E-state index < -0.39 is 0 Å². The highest BCUT2D eigenvalue weighted by Gasteiger charge is 2.17. The highest BCUT2D eigenvalue weighted by Crippen LogP contribution is 2.22. The Balaban J connectivity index is 2.64. The first kappa shape index (κ1) is 17.2. The Morgan fingerprint density at radius 2 is 2.05 bits per heavy atom. The summed E-state index contributed by atoms with van der Waals surface area (Å²) in [6.07, 6.45) is 2.12.